The predicted octanol–water partition coefficient (Wildman–Crippen LogP) is 18.3. The minimum atomic E-state index is -0.802. The summed E-state index contributed by atoms with van der Waals surface area (Å²) in [7, 11) is 0. The molecule has 0 saturated heterocycles. The first-order chi connectivity index (χ1) is 33.0. The number of rotatable bonds is 48. The van der Waals surface area contributed by atoms with Crippen molar-refractivity contribution in [3.8, 4) is 0 Å². The highest BCUT2D eigenvalue weighted by molar-refractivity contribution is 5.71. The van der Waals surface area contributed by atoms with Gasteiger partial charge in [-0.3, -0.25) is 14.4 Å². The molecule has 380 valence electrons. The number of unbranched alkanes of at least 4 members (excludes halogenated alkanes) is 19. The Hall–Kier alpha value is -3.93. The normalized spacial score (nSPS) is 12.9. The molecule has 0 aromatic carbocycles. The van der Waals surface area contributed by atoms with E-state index in [2.05, 4.69) is 130 Å². The molecule has 0 aliphatic rings. The maximum Gasteiger partial charge on any atom is 0.306 e. The molecule has 0 radical (unpaired) electrons. The van der Waals surface area contributed by atoms with Crippen LogP contribution in [0, 0.1) is 0 Å². The number of hydrogen-bond acceptors (Lipinski definition) is 6. The average molecular weight is 929 g/mol. The molecule has 0 aromatic heterocycles. The van der Waals surface area contributed by atoms with E-state index in [1.807, 2.05) is 0 Å². The van der Waals surface area contributed by atoms with Crippen LogP contribution in [0.25, 0.3) is 0 Å². The first-order valence-corrected chi connectivity index (χ1v) is 27.4. The van der Waals surface area contributed by atoms with Crippen LogP contribution in [0.2, 0.25) is 0 Å². The molecule has 0 spiro atoms. The van der Waals surface area contributed by atoms with Crippen LogP contribution in [-0.2, 0) is 28.6 Å². The van der Waals surface area contributed by atoms with Gasteiger partial charge >= 0.3 is 17.9 Å². The maximum absolute atomic E-state index is 12.8. The van der Waals surface area contributed by atoms with Crippen molar-refractivity contribution >= 4 is 17.9 Å². The second kappa shape index (κ2) is 54.7. The Bertz CT molecular complexity index is 1390. The molecule has 67 heavy (non-hydrogen) atoms. The van der Waals surface area contributed by atoms with E-state index in [1.54, 1.807) is 0 Å². The van der Waals surface area contributed by atoms with Gasteiger partial charge in [0.05, 0.1) is 0 Å². The van der Waals surface area contributed by atoms with Crippen molar-refractivity contribution in [2.75, 3.05) is 13.2 Å². The van der Waals surface area contributed by atoms with Crippen molar-refractivity contribution in [2.24, 2.45) is 0 Å². The Labute approximate surface area is 412 Å². The number of ether oxygens (including phenoxy) is 3. The molecule has 0 bridgehead atoms. The molecule has 6 heteroatoms. The van der Waals surface area contributed by atoms with E-state index < -0.39 is 6.10 Å². The van der Waals surface area contributed by atoms with E-state index in [0.29, 0.717) is 12.8 Å². The molecule has 1 atom stereocenters. The molecular weight excluding hydrogens is 829 g/mol. The second-order valence-electron chi connectivity index (χ2n) is 17.7. The monoisotopic (exact) mass is 929 g/mol. The molecule has 0 amide bonds. The minimum absolute atomic E-state index is 0.0981. The zero-order valence-corrected chi connectivity index (χ0v) is 43.4. The predicted molar refractivity (Wildman–Crippen MR) is 288 cm³/mol. The summed E-state index contributed by atoms with van der Waals surface area (Å²) in [6.45, 7) is 6.27. The average Bonchev–Trinajstić information content (AvgIpc) is 3.33. The summed E-state index contributed by atoms with van der Waals surface area (Å²) in [6.07, 6.45) is 73.6. The lowest BCUT2D eigenvalue weighted by atomic mass is 10.1. The second-order valence-corrected chi connectivity index (χ2v) is 17.7. The van der Waals surface area contributed by atoms with Gasteiger partial charge in [0.2, 0.25) is 0 Å². The van der Waals surface area contributed by atoms with Crippen LogP contribution in [0.1, 0.15) is 239 Å². The summed E-state index contributed by atoms with van der Waals surface area (Å²) >= 11 is 0. The van der Waals surface area contributed by atoms with Gasteiger partial charge in [-0.05, 0) is 116 Å². The lowest BCUT2D eigenvalue weighted by molar-refractivity contribution is -0.167. The maximum atomic E-state index is 12.8. The molecule has 0 fully saturated rings. The lowest BCUT2D eigenvalue weighted by Crippen LogP contribution is -2.30. The van der Waals surface area contributed by atoms with Crippen LogP contribution in [0.3, 0.4) is 0 Å². The van der Waals surface area contributed by atoms with Crippen molar-refractivity contribution in [2.45, 2.75) is 245 Å². The van der Waals surface area contributed by atoms with E-state index in [-0.39, 0.29) is 37.5 Å². The molecule has 0 rings (SSSR count). The standard InChI is InChI=1S/C61H100O6/c1-4-7-10-13-16-19-22-25-28-30-31-32-34-36-39-42-45-48-51-54-60(63)66-57-58(56-65-59(62)53-50-47-44-41-38-35-27-24-21-18-15-12-9-6-3)67-61(64)55-52-49-46-43-40-37-33-29-26-23-20-17-14-11-8-5-2/h7-12,16-21,25-26,28-29,37,40,58H,4-6,13-15,22-24,27,30-36,38-39,41-57H2,1-3H3/b10-7-,11-8-,12-9-,19-16-,20-17-,21-18-,28-25-,29-26-,40-37-. The Balaban J connectivity index is 4.45. The topological polar surface area (TPSA) is 78.9 Å². The summed E-state index contributed by atoms with van der Waals surface area (Å²) in [6, 6.07) is 0. The van der Waals surface area contributed by atoms with Crippen LogP contribution in [0.15, 0.2) is 109 Å². The van der Waals surface area contributed by atoms with Crippen LogP contribution < -0.4 is 0 Å². The van der Waals surface area contributed by atoms with Crippen LogP contribution in [0.5, 0.6) is 0 Å². The van der Waals surface area contributed by atoms with Gasteiger partial charge in [0.25, 0.3) is 0 Å². The van der Waals surface area contributed by atoms with Crippen LogP contribution in [-0.4, -0.2) is 37.2 Å². The van der Waals surface area contributed by atoms with Gasteiger partial charge in [-0.1, -0.05) is 214 Å². The number of hydrogen-bond donors (Lipinski definition) is 0. The first-order valence-electron chi connectivity index (χ1n) is 27.4. The molecule has 0 N–H and O–H groups in total. The van der Waals surface area contributed by atoms with E-state index in [1.165, 1.54) is 70.6 Å². The van der Waals surface area contributed by atoms with Crippen molar-refractivity contribution < 1.29 is 28.6 Å². The Kier molecular flexibility index (Phi) is 51.5. The molecular formula is C61H100O6. The number of carbonyl (C=O) groups is 3. The quantitative estimate of drug-likeness (QED) is 0.0262. The van der Waals surface area contributed by atoms with Gasteiger partial charge in [0.1, 0.15) is 13.2 Å². The third kappa shape index (κ3) is 52.9. The zero-order chi connectivity index (χ0) is 48.6. The van der Waals surface area contributed by atoms with Crippen molar-refractivity contribution in [1.82, 2.24) is 0 Å². The Morgan fingerprint density at radius 3 is 0.851 bits per heavy atom. The van der Waals surface area contributed by atoms with E-state index >= 15 is 0 Å². The number of esters is 3. The fraction of sp³-hybridized carbons (Fsp3) is 0.656. The highest BCUT2D eigenvalue weighted by atomic mass is 16.6. The lowest BCUT2D eigenvalue weighted by Gasteiger charge is -2.18. The Morgan fingerprint density at radius 2 is 0.537 bits per heavy atom. The summed E-state index contributed by atoms with van der Waals surface area (Å²) in [5, 5.41) is 0. The van der Waals surface area contributed by atoms with Gasteiger partial charge in [0.15, 0.2) is 6.10 Å². The first kappa shape index (κ1) is 63.1. The smallest absolute Gasteiger partial charge is 0.306 e. The molecule has 0 heterocycles. The molecule has 6 nitrogen and oxygen atoms in total. The van der Waals surface area contributed by atoms with Gasteiger partial charge in [-0.15, -0.1) is 0 Å². The molecule has 0 aliphatic carbocycles. The molecule has 1 unspecified atom stereocenters. The molecule has 0 aliphatic heterocycles. The Morgan fingerprint density at radius 1 is 0.299 bits per heavy atom. The summed E-state index contributed by atoms with van der Waals surface area (Å²) < 4.78 is 16.8. The number of carbonyl (C=O) groups excluding carboxylic acids is 3. The fourth-order valence-electron chi connectivity index (χ4n) is 7.25. The SMILES string of the molecule is CC/C=C\C/C=C\C/C=C\C/C=C\CCCCCC(=O)OC(COC(=O)CCCCCCCCC/C=C\C/C=C\CC)COC(=O)CCCCCCCCCCC/C=C\C/C=C\C/C=C\CC. The summed E-state index contributed by atoms with van der Waals surface area (Å²) in [4.78, 5) is 38.1. The van der Waals surface area contributed by atoms with Gasteiger partial charge in [-0.25, -0.2) is 0 Å². The fourth-order valence-corrected chi connectivity index (χ4v) is 7.25. The van der Waals surface area contributed by atoms with Gasteiger partial charge < -0.3 is 14.2 Å². The molecule has 0 aromatic rings. The van der Waals surface area contributed by atoms with Crippen LogP contribution in [0.4, 0.5) is 0 Å². The van der Waals surface area contributed by atoms with Crippen molar-refractivity contribution in [3.63, 3.8) is 0 Å². The van der Waals surface area contributed by atoms with E-state index in [4.69, 9.17) is 14.2 Å². The highest BCUT2D eigenvalue weighted by Gasteiger charge is 2.19. The highest BCUT2D eigenvalue weighted by Crippen LogP contribution is 2.14. The summed E-state index contributed by atoms with van der Waals surface area (Å²) in [5.41, 5.74) is 0. The van der Waals surface area contributed by atoms with E-state index in [9.17, 15) is 14.4 Å². The van der Waals surface area contributed by atoms with E-state index in [0.717, 1.165) is 128 Å². The van der Waals surface area contributed by atoms with Crippen molar-refractivity contribution in [1.29, 1.82) is 0 Å². The van der Waals surface area contributed by atoms with Crippen LogP contribution >= 0.6 is 0 Å². The third-order valence-corrected chi connectivity index (χ3v) is 11.3. The van der Waals surface area contributed by atoms with Gasteiger partial charge in [-0.2, -0.15) is 0 Å². The third-order valence-electron chi connectivity index (χ3n) is 11.3. The zero-order valence-electron chi connectivity index (χ0n) is 43.4. The van der Waals surface area contributed by atoms with Crippen molar-refractivity contribution in [3.05, 3.63) is 109 Å². The minimum Gasteiger partial charge on any atom is -0.462 e. The molecule has 0 saturated carbocycles. The largest absolute Gasteiger partial charge is 0.462 e. The van der Waals surface area contributed by atoms with Gasteiger partial charge in [0, 0.05) is 19.3 Å². The number of allylic oxidation sites excluding steroid dienone is 18. The summed E-state index contributed by atoms with van der Waals surface area (Å²) in [5.74, 6) is -0.945.